The van der Waals surface area contributed by atoms with Crippen molar-refractivity contribution in [2.75, 3.05) is 39.9 Å². The van der Waals surface area contributed by atoms with Crippen LogP contribution in [0.25, 0.3) is 0 Å². The minimum Gasteiger partial charge on any atom is -0.379 e. The van der Waals surface area contributed by atoms with E-state index < -0.39 is 0 Å². The van der Waals surface area contributed by atoms with Crippen molar-refractivity contribution in [3.8, 4) is 0 Å². The van der Waals surface area contributed by atoms with Crippen molar-refractivity contribution in [2.45, 2.75) is 13.8 Å². The molecule has 0 saturated carbocycles. The van der Waals surface area contributed by atoms with Crippen LogP contribution in [0.3, 0.4) is 0 Å². The molecule has 0 saturated heterocycles. The molecule has 0 aliphatic rings. The fraction of sp³-hybridized carbons (Fsp3) is 1.00. The van der Waals surface area contributed by atoms with Crippen LogP contribution < -0.4 is 5.73 Å². The largest absolute Gasteiger partial charge is 0.379 e. The maximum absolute atomic E-state index is 5.29. The zero-order chi connectivity index (χ0) is 9.40. The van der Waals surface area contributed by atoms with Crippen molar-refractivity contribution < 1.29 is 4.74 Å². The summed E-state index contributed by atoms with van der Waals surface area (Å²) in [6.07, 6.45) is 0. The van der Waals surface area contributed by atoms with Crippen LogP contribution in [0, 0.1) is 5.92 Å². The van der Waals surface area contributed by atoms with E-state index in [1.54, 1.807) is 0 Å². The minimum atomic E-state index is 0.619. The normalized spacial score (nSPS) is 11.5. The summed E-state index contributed by atoms with van der Waals surface area (Å²) in [7, 11) is 2.12. The standard InChI is InChI=1S/C9H22N2O/c1-9(2)8-11(3)5-7-12-6-4-10/h9H,4-8,10H2,1-3H3. The van der Waals surface area contributed by atoms with Gasteiger partial charge in [-0.2, -0.15) is 0 Å². The molecule has 0 amide bonds. The van der Waals surface area contributed by atoms with Gasteiger partial charge in [-0.05, 0) is 13.0 Å². The molecule has 0 rings (SSSR count). The first-order valence-corrected chi connectivity index (χ1v) is 4.63. The molecule has 0 fully saturated rings. The molecule has 2 N–H and O–H groups in total. The third-order valence-corrected chi connectivity index (χ3v) is 1.56. The molecule has 0 unspecified atom stereocenters. The van der Waals surface area contributed by atoms with Crippen LogP contribution in [0.1, 0.15) is 13.8 Å². The van der Waals surface area contributed by atoms with E-state index >= 15 is 0 Å². The number of hydrogen-bond acceptors (Lipinski definition) is 3. The molecule has 3 heteroatoms. The SMILES string of the molecule is CC(C)CN(C)CCOCCN. The highest BCUT2D eigenvalue weighted by atomic mass is 16.5. The van der Waals surface area contributed by atoms with E-state index in [4.69, 9.17) is 10.5 Å². The lowest BCUT2D eigenvalue weighted by molar-refractivity contribution is 0.114. The van der Waals surface area contributed by atoms with Gasteiger partial charge in [0.05, 0.1) is 13.2 Å². The van der Waals surface area contributed by atoms with Crippen molar-refractivity contribution in [1.29, 1.82) is 0 Å². The quantitative estimate of drug-likeness (QED) is 0.573. The third-order valence-electron chi connectivity index (χ3n) is 1.56. The number of nitrogens with zero attached hydrogens (tertiary/aromatic N) is 1. The summed E-state index contributed by atoms with van der Waals surface area (Å²) in [5, 5.41) is 0. The van der Waals surface area contributed by atoms with Crippen LogP contribution in [0.15, 0.2) is 0 Å². The Bertz CT molecular complexity index is 96.5. The molecule has 3 nitrogen and oxygen atoms in total. The molecular weight excluding hydrogens is 152 g/mol. The lowest BCUT2D eigenvalue weighted by Gasteiger charge is -2.18. The molecule has 0 heterocycles. The number of likely N-dealkylation sites (N-methyl/N-ethyl adjacent to an activating group) is 1. The van der Waals surface area contributed by atoms with Gasteiger partial charge in [-0.25, -0.2) is 0 Å². The summed E-state index contributed by atoms with van der Waals surface area (Å²) in [5.74, 6) is 0.726. The zero-order valence-electron chi connectivity index (χ0n) is 8.55. The summed E-state index contributed by atoms with van der Waals surface area (Å²) in [4.78, 5) is 2.28. The molecule has 0 aromatic heterocycles. The Hall–Kier alpha value is -0.120. The second-order valence-corrected chi connectivity index (χ2v) is 3.56. The van der Waals surface area contributed by atoms with Gasteiger partial charge >= 0.3 is 0 Å². The fourth-order valence-corrected chi connectivity index (χ4v) is 1.12. The lowest BCUT2D eigenvalue weighted by Crippen LogP contribution is -2.27. The Balaban J connectivity index is 3.14. The van der Waals surface area contributed by atoms with Gasteiger partial charge < -0.3 is 15.4 Å². The van der Waals surface area contributed by atoms with Gasteiger partial charge in [-0.1, -0.05) is 13.8 Å². The van der Waals surface area contributed by atoms with Crippen molar-refractivity contribution in [2.24, 2.45) is 11.7 Å². The highest BCUT2D eigenvalue weighted by Gasteiger charge is 2.00. The highest BCUT2D eigenvalue weighted by Crippen LogP contribution is 1.94. The number of hydrogen-bond donors (Lipinski definition) is 1. The Labute approximate surface area is 75.9 Å². The number of ether oxygens (including phenoxy) is 1. The van der Waals surface area contributed by atoms with Gasteiger partial charge in [0.1, 0.15) is 0 Å². The topological polar surface area (TPSA) is 38.5 Å². The van der Waals surface area contributed by atoms with Crippen LogP contribution >= 0.6 is 0 Å². The first kappa shape index (κ1) is 11.9. The van der Waals surface area contributed by atoms with Crippen LogP contribution in [0.2, 0.25) is 0 Å². The molecule has 0 aliphatic heterocycles. The molecule has 0 aliphatic carbocycles. The molecule has 12 heavy (non-hydrogen) atoms. The fourth-order valence-electron chi connectivity index (χ4n) is 1.12. The van der Waals surface area contributed by atoms with Crippen molar-refractivity contribution in [1.82, 2.24) is 4.90 Å². The summed E-state index contributed by atoms with van der Waals surface area (Å²) in [6.45, 7) is 8.66. The van der Waals surface area contributed by atoms with Gasteiger partial charge in [0.15, 0.2) is 0 Å². The maximum atomic E-state index is 5.29. The first-order chi connectivity index (χ1) is 5.66. The Kier molecular flexibility index (Phi) is 7.45. The summed E-state index contributed by atoms with van der Waals surface area (Å²) >= 11 is 0. The van der Waals surface area contributed by atoms with E-state index in [1.165, 1.54) is 0 Å². The highest BCUT2D eigenvalue weighted by molar-refractivity contribution is 4.53. The lowest BCUT2D eigenvalue weighted by atomic mass is 10.2. The van der Waals surface area contributed by atoms with Crippen LogP contribution in [-0.2, 0) is 4.74 Å². The Morgan fingerprint density at radius 2 is 2.00 bits per heavy atom. The molecule has 0 aromatic rings. The predicted molar refractivity (Wildman–Crippen MR) is 52.2 cm³/mol. The smallest absolute Gasteiger partial charge is 0.0593 e. The van der Waals surface area contributed by atoms with E-state index in [2.05, 4.69) is 25.8 Å². The Morgan fingerprint density at radius 3 is 2.50 bits per heavy atom. The molecule has 0 radical (unpaired) electrons. The van der Waals surface area contributed by atoms with E-state index in [-0.39, 0.29) is 0 Å². The second-order valence-electron chi connectivity index (χ2n) is 3.56. The summed E-state index contributed by atoms with van der Waals surface area (Å²) in [5.41, 5.74) is 5.29. The van der Waals surface area contributed by atoms with Crippen LogP contribution in [-0.4, -0.2) is 44.8 Å². The van der Waals surface area contributed by atoms with Gasteiger partial charge in [0.25, 0.3) is 0 Å². The molecule has 0 atom stereocenters. The number of rotatable bonds is 7. The maximum Gasteiger partial charge on any atom is 0.0593 e. The predicted octanol–water partition coefficient (Wildman–Crippen LogP) is 0.550. The van der Waals surface area contributed by atoms with Gasteiger partial charge in [-0.15, -0.1) is 0 Å². The van der Waals surface area contributed by atoms with Gasteiger partial charge in [-0.3, -0.25) is 0 Å². The van der Waals surface area contributed by atoms with Crippen molar-refractivity contribution in [3.05, 3.63) is 0 Å². The first-order valence-electron chi connectivity index (χ1n) is 4.63. The average molecular weight is 174 g/mol. The van der Waals surface area contributed by atoms with E-state index in [1.807, 2.05) is 0 Å². The Morgan fingerprint density at radius 1 is 1.33 bits per heavy atom. The zero-order valence-corrected chi connectivity index (χ0v) is 8.55. The average Bonchev–Trinajstić information content (AvgIpc) is 1.97. The van der Waals surface area contributed by atoms with Crippen LogP contribution in [0.4, 0.5) is 0 Å². The molecular formula is C9H22N2O. The third kappa shape index (κ3) is 7.98. The summed E-state index contributed by atoms with van der Waals surface area (Å²) < 4.78 is 5.27. The van der Waals surface area contributed by atoms with Crippen molar-refractivity contribution >= 4 is 0 Å². The minimum absolute atomic E-state index is 0.619. The molecule has 0 bridgehead atoms. The van der Waals surface area contributed by atoms with E-state index in [0.717, 1.165) is 25.6 Å². The van der Waals surface area contributed by atoms with Gasteiger partial charge in [0.2, 0.25) is 0 Å². The van der Waals surface area contributed by atoms with Crippen molar-refractivity contribution in [3.63, 3.8) is 0 Å². The van der Waals surface area contributed by atoms with E-state index in [9.17, 15) is 0 Å². The van der Waals surface area contributed by atoms with Gasteiger partial charge in [0, 0.05) is 19.6 Å². The number of nitrogens with two attached hydrogens (primary N) is 1. The van der Waals surface area contributed by atoms with E-state index in [0.29, 0.717) is 13.2 Å². The monoisotopic (exact) mass is 174 g/mol. The molecule has 0 aromatic carbocycles. The molecule has 74 valence electrons. The molecule has 0 spiro atoms. The second kappa shape index (κ2) is 7.53. The summed E-state index contributed by atoms with van der Waals surface area (Å²) in [6, 6.07) is 0. The van der Waals surface area contributed by atoms with Crippen LogP contribution in [0.5, 0.6) is 0 Å².